The van der Waals surface area contributed by atoms with Crippen LogP contribution in [0.15, 0.2) is 47.5 Å². The van der Waals surface area contributed by atoms with Crippen LogP contribution in [0.2, 0.25) is 5.02 Å². The van der Waals surface area contributed by atoms with Gasteiger partial charge in [-0.3, -0.25) is 4.99 Å². The SMILES string of the molecule is CN(C)CCN=c1c2cc(Cl)ccc2n(C)c2[nH]c3ccccc3c12. The minimum atomic E-state index is 0.732. The van der Waals surface area contributed by atoms with Gasteiger partial charge in [0.25, 0.3) is 0 Å². The molecule has 128 valence electrons. The van der Waals surface area contributed by atoms with Crippen LogP contribution in [0.3, 0.4) is 0 Å². The fraction of sp³-hybridized carbons (Fsp3) is 0.250. The summed E-state index contributed by atoms with van der Waals surface area (Å²) in [6, 6.07) is 14.4. The summed E-state index contributed by atoms with van der Waals surface area (Å²) >= 11 is 6.30. The standard InChI is InChI=1S/C20H21ClN4/c1-24(2)11-10-22-19-15-12-13(21)8-9-17(15)25(3)20-18(19)14-6-4-5-7-16(14)23-20/h4-9,12,23H,10-11H2,1-3H3. The molecule has 0 saturated carbocycles. The lowest BCUT2D eigenvalue weighted by Crippen LogP contribution is -2.18. The van der Waals surface area contributed by atoms with Gasteiger partial charge in [0.05, 0.1) is 22.8 Å². The van der Waals surface area contributed by atoms with Crippen molar-refractivity contribution in [3.8, 4) is 0 Å². The molecule has 0 unspecified atom stereocenters. The number of aryl methyl sites for hydroxylation is 1. The van der Waals surface area contributed by atoms with Gasteiger partial charge < -0.3 is 14.5 Å². The maximum absolute atomic E-state index is 6.30. The Morgan fingerprint density at radius 2 is 1.92 bits per heavy atom. The zero-order valence-corrected chi connectivity index (χ0v) is 15.4. The van der Waals surface area contributed by atoms with Crippen molar-refractivity contribution >= 4 is 44.4 Å². The second-order valence-electron chi connectivity index (χ2n) is 6.65. The first kappa shape index (κ1) is 16.2. The first-order chi connectivity index (χ1) is 12.1. The van der Waals surface area contributed by atoms with Gasteiger partial charge >= 0.3 is 0 Å². The smallest absolute Gasteiger partial charge is 0.120 e. The molecule has 0 aliphatic carbocycles. The van der Waals surface area contributed by atoms with Crippen molar-refractivity contribution in [1.82, 2.24) is 14.5 Å². The molecule has 0 aliphatic heterocycles. The summed E-state index contributed by atoms with van der Waals surface area (Å²) in [7, 11) is 6.21. The monoisotopic (exact) mass is 352 g/mol. The number of hydrogen-bond donors (Lipinski definition) is 1. The maximum Gasteiger partial charge on any atom is 0.120 e. The molecule has 0 aliphatic rings. The highest BCUT2D eigenvalue weighted by atomic mass is 35.5. The Kier molecular flexibility index (Phi) is 4.02. The molecule has 4 rings (SSSR count). The zero-order chi connectivity index (χ0) is 17.6. The zero-order valence-electron chi connectivity index (χ0n) is 14.7. The molecule has 0 bridgehead atoms. The van der Waals surface area contributed by atoms with Crippen LogP contribution in [-0.4, -0.2) is 41.6 Å². The number of H-pyrrole nitrogens is 1. The number of fused-ring (bicyclic) bond motifs is 4. The number of benzene rings is 2. The van der Waals surface area contributed by atoms with E-state index < -0.39 is 0 Å². The number of nitrogens with zero attached hydrogens (tertiary/aromatic N) is 3. The number of pyridine rings is 1. The number of aromatic amines is 1. The fourth-order valence-electron chi connectivity index (χ4n) is 3.39. The summed E-state index contributed by atoms with van der Waals surface area (Å²) in [5.41, 5.74) is 3.32. The normalized spacial score (nSPS) is 12.9. The molecule has 5 heteroatoms. The number of para-hydroxylation sites is 1. The highest BCUT2D eigenvalue weighted by Crippen LogP contribution is 2.26. The number of aromatic nitrogens is 2. The minimum Gasteiger partial charge on any atom is -0.341 e. The molecular formula is C20H21ClN4. The second-order valence-corrected chi connectivity index (χ2v) is 7.08. The van der Waals surface area contributed by atoms with Crippen LogP contribution in [0.1, 0.15) is 0 Å². The molecule has 2 aromatic heterocycles. The van der Waals surface area contributed by atoms with Crippen LogP contribution in [0, 0.1) is 0 Å². The number of likely N-dealkylation sites (N-methyl/N-ethyl adjacent to an activating group) is 1. The molecule has 2 heterocycles. The van der Waals surface area contributed by atoms with Gasteiger partial charge in [-0.15, -0.1) is 0 Å². The number of nitrogens with one attached hydrogen (secondary N) is 1. The predicted molar refractivity (Wildman–Crippen MR) is 106 cm³/mol. The molecule has 0 atom stereocenters. The van der Waals surface area contributed by atoms with Gasteiger partial charge in [-0.2, -0.15) is 0 Å². The first-order valence-corrected chi connectivity index (χ1v) is 8.78. The van der Waals surface area contributed by atoms with E-state index in [2.05, 4.69) is 65.9 Å². The Bertz CT molecular complexity index is 1150. The van der Waals surface area contributed by atoms with Crippen molar-refractivity contribution in [3.05, 3.63) is 52.8 Å². The Balaban J connectivity index is 2.18. The quantitative estimate of drug-likeness (QED) is 0.596. The third-order valence-corrected chi connectivity index (χ3v) is 4.89. The highest BCUT2D eigenvalue weighted by molar-refractivity contribution is 6.31. The third kappa shape index (κ3) is 2.71. The summed E-state index contributed by atoms with van der Waals surface area (Å²) in [6.45, 7) is 1.66. The second kappa shape index (κ2) is 6.21. The molecule has 4 nitrogen and oxygen atoms in total. The average molecular weight is 353 g/mol. The van der Waals surface area contributed by atoms with Crippen molar-refractivity contribution in [1.29, 1.82) is 0 Å². The molecule has 0 spiro atoms. The summed E-state index contributed by atoms with van der Waals surface area (Å²) in [5, 5.41) is 5.19. The summed E-state index contributed by atoms with van der Waals surface area (Å²) < 4.78 is 2.19. The van der Waals surface area contributed by atoms with Crippen molar-refractivity contribution in [2.24, 2.45) is 12.0 Å². The van der Waals surface area contributed by atoms with Crippen LogP contribution in [0.4, 0.5) is 0 Å². The minimum absolute atomic E-state index is 0.732. The molecule has 25 heavy (non-hydrogen) atoms. The van der Waals surface area contributed by atoms with Gasteiger partial charge in [0.2, 0.25) is 0 Å². The Morgan fingerprint density at radius 1 is 1.12 bits per heavy atom. The van der Waals surface area contributed by atoms with Crippen LogP contribution < -0.4 is 5.36 Å². The van der Waals surface area contributed by atoms with Crippen molar-refractivity contribution < 1.29 is 0 Å². The van der Waals surface area contributed by atoms with Crippen molar-refractivity contribution in [2.75, 3.05) is 27.2 Å². The van der Waals surface area contributed by atoms with E-state index in [0.717, 1.165) is 50.9 Å². The van der Waals surface area contributed by atoms with Gasteiger partial charge in [0.15, 0.2) is 0 Å². The molecule has 1 N–H and O–H groups in total. The van der Waals surface area contributed by atoms with E-state index in [-0.39, 0.29) is 0 Å². The number of rotatable bonds is 3. The number of hydrogen-bond acceptors (Lipinski definition) is 2. The number of halogens is 1. The lowest BCUT2D eigenvalue weighted by atomic mass is 10.1. The molecular weight excluding hydrogens is 332 g/mol. The first-order valence-electron chi connectivity index (χ1n) is 8.40. The lowest BCUT2D eigenvalue weighted by molar-refractivity contribution is 0.419. The van der Waals surface area contributed by atoms with Gasteiger partial charge in [-0.05, 0) is 38.4 Å². The maximum atomic E-state index is 6.30. The van der Waals surface area contributed by atoms with Crippen molar-refractivity contribution in [2.45, 2.75) is 0 Å². The van der Waals surface area contributed by atoms with Crippen LogP contribution in [0.5, 0.6) is 0 Å². The molecule has 2 aromatic carbocycles. The van der Waals surface area contributed by atoms with Crippen LogP contribution in [-0.2, 0) is 7.05 Å². The summed E-state index contributed by atoms with van der Waals surface area (Å²) in [4.78, 5) is 10.7. The van der Waals surface area contributed by atoms with Gasteiger partial charge in [-0.25, -0.2) is 0 Å². The van der Waals surface area contributed by atoms with Gasteiger partial charge in [-0.1, -0.05) is 29.8 Å². The lowest BCUT2D eigenvalue weighted by Gasteiger charge is -2.11. The van der Waals surface area contributed by atoms with E-state index in [1.807, 2.05) is 12.1 Å². The average Bonchev–Trinajstić information content (AvgIpc) is 2.97. The summed E-state index contributed by atoms with van der Waals surface area (Å²) in [6.07, 6.45) is 0. The molecule has 0 saturated heterocycles. The van der Waals surface area contributed by atoms with E-state index in [4.69, 9.17) is 16.6 Å². The van der Waals surface area contributed by atoms with E-state index in [9.17, 15) is 0 Å². The molecule has 0 radical (unpaired) electrons. The topological polar surface area (TPSA) is 36.3 Å². The largest absolute Gasteiger partial charge is 0.341 e. The molecule has 4 aromatic rings. The van der Waals surface area contributed by atoms with Crippen molar-refractivity contribution in [3.63, 3.8) is 0 Å². The van der Waals surface area contributed by atoms with E-state index in [0.29, 0.717) is 0 Å². The summed E-state index contributed by atoms with van der Waals surface area (Å²) in [5.74, 6) is 0. The fourth-order valence-corrected chi connectivity index (χ4v) is 3.56. The van der Waals surface area contributed by atoms with E-state index >= 15 is 0 Å². The van der Waals surface area contributed by atoms with Crippen LogP contribution >= 0.6 is 11.6 Å². The Morgan fingerprint density at radius 3 is 2.72 bits per heavy atom. The van der Waals surface area contributed by atoms with E-state index in [1.54, 1.807) is 0 Å². The highest BCUT2D eigenvalue weighted by Gasteiger charge is 2.13. The van der Waals surface area contributed by atoms with Gasteiger partial charge in [0.1, 0.15) is 5.65 Å². The molecule has 0 amide bonds. The van der Waals surface area contributed by atoms with Gasteiger partial charge in [0, 0.05) is 34.9 Å². The van der Waals surface area contributed by atoms with E-state index in [1.165, 1.54) is 5.39 Å². The third-order valence-electron chi connectivity index (χ3n) is 4.65. The van der Waals surface area contributed by atoms with Crippen LogP contribution in [0.25, 0.3) is 32.8 Å². The Hall–Kier alpha value is -2.30. The molecule has 0 fully saturated rings. The predicted octanol–water partition coefficient (Wildman–Crippen LogP) is 3.93. The Labute approximate surface area is 151 Å².